The topological polar surface area (TPSA) is 147 Å². The molecule has 7 rings (SSSR count). The first-order valence-electron chi connectivity index (χ1n) is 26.6. The maximum absolute atomic E-state index is 13.9. The molecule has 2 unspecified atom stereocenters. The average molecular weight is 991 g/mol. The largest absolute Gasteiger partial charge is 0.494 e. The number of rotatable bonds is 29. The van der Waals surface area contributed by atoms with Crippen LogP contribution >= 0.6 is 0 Å². The van der Waals surface area contributed by atoms with Gasteiger partial charge in [-0.2, -0.15) is 5.41 Å². The van der Waals surface area contributed by atoms with Crippen molar-refractivity contribution < 1.29 is 46.6 Å². The number of fused-ring (bicyclic) bond motifs is 2. The summed E-state index contributed by atoms with van der Waals surface area (Å²) in [6, 6.07) is 18.7. The lowest BCUT2D eigenvalue weighted by Crippen LogP contribution is -2.53. The van der Waals surface area contributed by atoms with Crippen LogP contribution in [0.4, 0.5) is 8.78 Å². The van der Waals surface area contributed by atoms with Crippen LogP contribution in [0.5, 0.6) is 11.5 Å². The minimum Gasteiger partial charge on any atom is -0.494 e. The molecule has 14 nitrogen and oxygen atoms in total. The molecule has 1 amide bonds. The zero-order valence-corrected chi connectivity index (χ0v) is 42.3. The van der Waals surface area contributed by atoms with Crippen LogP contribution in [0, 0.1) is 29.6 Å². The number of hydrogen-bond acceptors (Lipinski definition) is 11. The fourth-order valence-electron chi connectivity index (χ4n) is 11.1. The van der Waals surface area contributed by atoms with Gasteiger partial charge in [-0.3, -0.25) is 14.6 Å². The lowest BCUT2D eigenvalue weighted by Gasteiger charge is -2.41. The molecular formula is C55H82F2N7O7+. The van der Waals surface area contributed by atoms with Crippen LogP contribution in [-0.2, 0) is 23.7 Å². The number of terminal acetylenes is 1. The number of carbonyl (C=O) groups excluding carboxylic acids is 1. The number of benzene rings is 2. The number of hydrogen-bond donors (Lipinski definition) is 3. The molecule has 2 saturated carbocycles. The number of nitrogens with two attached hydrogens (primary N) is 1. The van der Waals surface area contributed by atoms with Gasteiger partial charge in [0.15, 0.2) is 5.84 Å². The molecule has 3 heterocycles. The Hall–Kier alpha value is -4.21. The summed E-state index contributed by atoms with van der Waals surface area (Å²) in [5, 5.41) is 12.6. The van der Waals surface area contributed by atoms with Crippen molar-refractivity contribution in [1.82, 2.24) is 20.0 Å². The Bertz CT molecular complexity index is 1970. The summed E-state index contributed by atoms with van der Waals surface area (Å²) in [6.45, 7) is 14.0. The van der Waals surface area contributed by atoms with Crippen molar-refractivity contribution in [3.8, 4) is 23.8 Å². The number of piperazine rings is 1. The van der Waals surface area contributed by atoms with Gasteiger partial charge in [-0.15, -0.1) is 6.42 Å². The third kappa shape index (κ3) is 17.2. The number of nitrogens with zero attached hydrogens (tertiary/aromatic N) is 4. The molecule has 5 fully saturated rings. The van der Waals surface area contributed by atoms with Crippen LogP contribution in [0.15, 0.2) is 54.6 Å². The van der Waals surface area contributed by atoms with E-state index in [9.17, 15) is 19.0 Å². The van der Waals surface area contributed by atoms with E-state index in [1.54, 1.807) is 0 Å². The summed E-state index contributed by atoms with van der Waals surface area (Å²) in [6.07, 6.45) is 13.7. The molecular weight excluding hydrogens is 909 g/mol. The number of nitrogens with one attached hydrogen (secondary N) is 2. The van der Waals surface area contributed by atoms with Gasteiger partial charge in [0.2, 0.25) is 17.7 Å². The van der Waals surface area contributed by atoms with Crippen LogP contribution in [0.3, 0.4) is 0 Å². The van der Waals surface area contributed by atoms with Crippen molar-refractivity contribution in [2.24, 2.45) is 17.6 Å². The molecule has 2 bridgehead atoms. The number of amidine groups is 2. The second-order valence-corrected chi connectivity index (χ2v) is 20.2. The van der Waals surface area contributed by atoms with E-state index in [2.05, 4.69) is 30.5 Å². The molecule has 0 aromatic heterocycles. The van der Waals surface area contributed by atoms with Crippen molar-refractivity contribution in [3.63, 3.8) is 0 Å². The molecule has 0 radical (unpaired) electrons. The first-order valence-corrected chi connectivity index (χ1v) is 26.6. The van der Waals surface area contributed by atoms with Gasteiger partial charge in [-0.25, -0.2) is 13.4 Å². The molecule has 3 saturated heterocycles. The number of alkyl halides is 2. The van der Waals surface area contributed by atoms with E-state index in [0.717, 1.165) is 121 Å². The van der Waals surface area contributed by atoms with Gasteiger partial charge in [0.05, 0.1) is 70.9 Å². The molecule has 2 aromatic carbocycles. The first-order chi connectivity index (χ1) is 34.5. The molecule has 4 N–H and O–H groups in total. The van der Waals surface area contributed by atoms with Gasteiger partial charge in [0.1, 0.15) is 24.2 Å². The Kier molecular flexibility index (Phi) is 21.7. The highest BCUT2D eigenvalue weighted by Gasteiger charge is 2.46. The van der Waals surface area contributed by atoms with Crippen LogP contribution in [-0.4, -0.2) is 172 Å². The lowest BCUT2D eigenvalue weighted by molar-refractivity contribution is -0.472. The standard InChI is InChI=1S/C55H81F2N7O7/c1-3-29-66-32-34-68-36-37-69-35-33-67-31-28-62-26-24-61(25-27-62)22-7-8-30-70-49-13-15-50(16-14-49)71-51-38-45(39-51)53(59)64(42(2)58)48-40-46-11-12-47(41-48)63(46)23-19-52(43-9-5-4-6-10-43)60-54(65)44-17-20-55(56,57)21-18-44/h1,4-6,9-10,13-16,44-48,51-52,58-59H,7-8,11-12,17-41H2,2H3,(H,60,65)/p+1/t45?,46?,47?,48?,51?,52-/m0/s1. The monoisotopic (exact) mass is 991 g/mol. The summed E-state index contributed by atoms with van der Waals surface area (Å²) < 4.78 is 64.2. The Morgan fingerprint density at radius 1 is 0.775 bits per heavy atom. The number of piperidine rings is 1. The third-order valence-corrected chi connectivity index (χ3v) is 15.2. The molecule has 5 aliphatic rings. The molecule has 0 spiro atoms. The minimum atomic E-state index is -2.66. The molecule has 2 aliphatic carbocycles. The van der Waals surface area contributed by atoms with Crippen molar-refractivity contribution in [2.45, 2.75) is 127 Å². The highest BCUT2D eigenvalue weighted by Crippen LogP contribution is 2.40. The summed E-state index contributed by atoms with van der Waals surface area (Å²) in [5.41, 5.74) is 7.61. The van der Waals surface area contributed by atoms with Crippen molar-refractivity contribution >= 4 is 17.6 Å². The molecule has 392 valence electrons. The minimum absolute atomic E-state index is 0.0521. The Balaban J connectivity index is 0.735. The summed E-state index contributed by atoms with van der Waals surface area (Å²) in [5.74, 6) is 2.31. The number of carbonyl (C=O) groups is 1. The van der Waals surface area contributed by atoms with Crippen LogP contribution in [0.25, 0.3) is 0 Å². The second-order valence-electron chi connectivity index (χ2n) is 20.2. The van der Waals surface area contributed by atoms with Crippen molar-refractivity contribution in [3.05, 3.63) is 60.2 Å². The SMILES string of the molecule is C#CCOCCOCCOCCOCCN1CCN(CCCCOc2ccc(OC3CC(C(=N)[N+](=C(C)N)C4CC5CCC(C4)N5CC[C@H](NC(=O)C4CCC(F)(F)CC4)c4ccccc4)C3)cc2)CC1. The van der Waals surface area contributed by atoms with E-state index in [1.165, 1.54) is 0 Å². The van der Waals surface area contributed by atoms with Crippen LogP contribution in [0.1, 0.15) is 102 Å². The normalized spacial score (nSPS) is 24.6. The van der Waals surface area contributed by atoms with Crippen molar-refractivity contribution in [2.75, 3.05) is 105 Å². The van der Waals surface area contributed by atoms with Gasteiger partial charge >= 0.3 is 0 Å². The number of unbranched alkanes of at least 4 members (excludes halogenated alkanes) is 1. The number of halogens is 2. The summed E-state index contributed by atoms with van der Waals surface area (Å²) in [4.78, 5) is 21.0. The number of ether oxygens (including phenoxy) is 6. The summed E-state index contributed by atoms with van der Waals surface area (Å²) >= 11 is 0. The Morgan fingerprint density at radius 3 is 1.99 bits per heavy atom. The fraction of sp³-hybridized carbons (Fsp3) is 0.691. The molecule has 2 aromatic rings. The van der Waals surface area contributed by atoms with Gasteiger partial charge in [0.25, 0.3) is 0 Å². The van der Waals surface area contributed by atoms with Gasteiger partial charge in [0, 0.05) is 77.0 Å². The van der Waals surface area contributed by atoms with Crippen molar-refractivity contribution in [1.29, 1.82) is 5.41 Å². The molecule has 71 heavy (non-hydrogen) atoms. The van der Waals surface area contributed by atoms with E-state index < -0.39 is 5.92 Å². The van der Waals surface area contributed by atoms with E-state index in [4.69, 9.17) is 40.6 Å². The van der Waals surface area contributed by atoms with Crippen LogP contribution < -0.4 is 20.5 Å². The zero-order chi connectivity index (χ0) is 49.8. The molecule has 16 heteroatoms. The third-order valence-electron chi connectivity index (χ3n) is 15.2. The van der Waals surface area contributed by atoms with E-state index in [-0.39, 0.29) is 61.6 Å². The van der Waals surface area contributed by atoms with Gasteiger partial charge in [-0.05, 0) is 107 Å². The Labute approximate surface area is 421 Å². The second kappa shape index (κ2) is 28.3. The highest BCUT2D eigenvalue weighted by molar-refractivity contribution is 5.84. The van der Waals surface area contributed by atoms with Crippen LogP contribution in [0.2, 0.25) is 0 Å². The quantitative estimate of drug-likeness (QED) is 0.0262. The van der Waals surface area contributed by atoms with E-state index in [0.29, 0.717) is 83.2 Å². The molecule has 3 atom stereocenters. The highest BCUT2D eigenvalue weighted by atomic mass is 19.3. The predicted octanol–water partition coefficient (Wildman–Crippen LogP) is 6.76. The average Bonchev–Trinajstić information content (AvgIpc) is 3.59. The van der Waals surface area contributed by atoms with Gasteiger partial charge < -0.3 is 44.4 Å². The lowest BCUT2D eigenvalue weighted by atomic mass is 9.80. The Morgan fingerprint density at radius 2 is 1.37 bits per heavy atom. The smallest absolute Gasteiger partial charge is 0.248 e. The van der Waals surface area contributed by atoms with E-state index in [1.807, 2.05) is 61.5 Å². The molecule has 3 aliphatic heterocycles. The summed E-state index contributed by atoms with van der Waals surface area (Å²) in [7, 11) is 0. The first kappa shape index (κ1) is 54.6. The fourth-order valence-corrected chi connectivity index (χ4v) is 11.1. The maximum Gasteiger partial charge on any atom is 0.248 e. The van der Waals surface area contributed by atoms with Gasteiger partial charge in [-0.1, -0.05) is 36.3 Å². The van der Waals surface area contributed by atoms with E-state index >= 15 is 0 Å². The maximum atomic E-state index is 13.9. The predicted molar refractivity (Wildman–Crippen MR) is 272 cm³/mol. The number of amides is 1. The zero-order valence-electron chi connectivity index (χ0n) is 42.3.